The van der Waals surface area contributed by atoms with E-state index in [2.05, 4.69) is 0 Å². The number of hydrogen-bond acceptors (Lipinski definition) is 6. The summed E-state index contributed by atoms with van der Waals surface area (Å²) in [6.45, 7) is 0. The molecule has 6 nitrogen and oxygen atoms in total. The first-order valence-electron chi connectivity index (χ1n) is 1.22. The van der Waals surface area contributed by atoms with Crippen molar-refractivity contribution >= 4 is 12.3 Å². The molecule has 0 aliphatic heterocycles. The second kappa shape index (κ2) is 10.4. The van der Waals surface area contributed by atoms with E-state index in [4.69, 9.17) is 30.0 Å². The molecule has 0 spiro atoms. The largest absolute Gasteiger partial charge is 4.00 e. The molecule has 0 saturated carbocycles. The van der Waals surface area contributed by atoms with Crippen LogP contribution in [0.3, 0.4) is 0 Å². The molecule has 0 aromatic rings. The Kier molecular flexibility index (Phi) is 18.2. The summed E-state index contributed by atoms with van der Waals surface area (Å²) in [6.07, 6.45) is -4.67. The summed E-state index contributed by atoms with van der Waals surface area (Å²) in [7, 11) is 0. The maximum Gasteiger partial charge on any atom is 4.00 e. The minimum atomic E-state index is -2.33. The van der Waals surface area contributed by atoms with Crippen molar-refractivity contribution in [3.63, 3.8) is 0 Å². The van der Waals surface area contributed by atoms with Gasteiger partial charge in [-0.25, -0.2) is 0 Å². The molecule has 0 aliphatic carbocycles. The number of carbonyl (C=O) groups excluding carboxylic acids is 2. The summed E-state index contributed by atoms with van der Waals surface area (Å²) >= 11 is 0. The molecule has 7 heteroatoms. The van der Waals surface area contributed by atoms with Crippen LogP contribution < -0.4 is 20.4 Å². The van der Waals surface area contributed by atoms with Gasteiger partial charge in [0.1, 0.15) is 0 Å². The van der Waals surface area contributed by atoms with Crippen molar-refractivity contribution in [2.75, 3.05) is 0 Å². The predicted molar refractivity (Wildman–Crippen MR) is 10.8 cm³/mol. The van der Waals surface area contributed by atoms with Crippen molar-refractivity contribution in [2.24, 2.45) is 0 Å². The monoisotopic (exact) mass is 300 g/mol. The van der Waals surface area contributed by atoms with Crippen molar-refractivity contribution in [1.29, 1.82) is 0 Å². The van der Waals surface area contributed by atoms with Crippen LogP contribution in [0.5, 0.6) is 0 Å². The number of rotatable bonds is 0. The molecule has 9 heavy (non-hydrogen) atoms. The van der Waals surface area contributed by atoms with Gasteiger partial charge in [0, 0.05) is 0 Å². The van der Waals surface area contributed by atoms with Gasteiger partial charge in [0.15, 0.2) is 0 Å². The average Bonchev–Trinajstić information content (AvgIpc) is 1.25. The van der Waals surface area contributed by atoms with E-state index in [0.717, 1.165) is 0 Å². The topological polar surface area (TPSA) is 126 Å². The Morgan fingerprint density at radius 2 is 0.778 bits per heavy atom. The van der Waals surface area contributed by atoms with Gasteiger partial charge in [-0.15, -0.1) is 0 Å². The predicted octanol–water partition coefficient (Wildman–Crippen LogP) is -4.90. The third kappa shape index (κ3) is 623. The van der Waals surface area contributed by atoms with Crippen LogP contribution in [0, 0.1) is 0 Å². The first-order valence-corrected chi connectivity index (χ1v) is 1.22. The molecule has 0 N–H and O–H groups in total. The van der Waals surface area contributed by atoms with Crippen LogP contribution in [0.1, 0.15) is 0 Å². The summed E-state index contributed by atoms with van der Waals surface area (Å²) in [6, 6.07) is 0. The van der Waals surface area contributed by atoms with Crippen molar-refractivity contribution in [3.8, 4) is 0 Å². The molecule has 0 fully saturated rings. The van der Waals surface area contributed by atoms with Crippen molar-refractivity contribution in [1.82, 2.24) is 0 Å². The fourth-order valence-electron chi connectivity index (χ4n) is 0. The van der Waals surface area contributed by atoms with Gasteiger partial charge in [0.05, 0.1) is 0 Å². The van der Waals surface area contributed by atoms with E-state index in [-0.39, 0.29) is 25.8 Å². The SMILES string of the molecule is O=C([O-])[O-].O=C([O-])[O-].[Hf+4]. The van der Waals surface area contributed by atoms with Gasteiger partial charge in [0.25, 0.3) is 0 Å². The zero-order chi connectivity index (χ0) is 7.15. The van der Waals surface area contributed by atoms with Crippen LogP contribution in [0.15, 0.2) is 0 Å². The second-order valence-corrected chi connectivity index (χ2v) is 0.500. The van der Waals surface area contributed by atoms with E-state index >= 15 is 0 Å². The zero-order valence-electron chi connectivity index (χ0n) is 3.95. The number of hydrogen-bond donors (Lipinski definition) is 0. The minimum absolute atomic E-state index is 0. The summed E-state index contributed by atoms with van der Waals surface area (Å²) in [4.78, 5) is 16.7. The molecule has 0 radical (unpaired) electrons. The zero-order valence-corrected chi connectivity index (χ0v) is 7.54. The van der Waals surface area contributed by atoms with Gasteiger partial charge < -0.3 is 30.0 Å². The average molecular weight is 299 g/mol. The molecule has 0 heterocycles. The van der Waals surface area contributed by atoms with Crippen molar-refractivity contribution in [3.05, 3.63) is 0 Å². The molecule has 0 unspecified atom stereocenters. The molecular formula is C2HfO6. The molecule has 0 aromatic carbocycles. The van der Waals surface area contributed by atoms with Gasteiger partial charge in [-0.1, -0.05) is 0 Å². The van der Waals surface area contributed by atoms with Crippen LogP contribution in [0.4, 0.5) is 9.59 Å². The number of carboxylic acid groups (broad SMARTS) is 4. The maximum absolute atomic E-state index is 8.33. The summed E-state index contributed by atoms with van der Waals surface area (Å²) < 4.78 is 0. The standard InChI is InChI=1S/2CH2O3.Hf/c2*2-1(3)4;/h2*(H2,2,3,4);/q;;+4/p-4. The minimum Gasteiger partial charge on any atom is -0.652 e. The molecule has 0 bridgehead atoms. The fraction of sp³-hybridized carbons (Fsp3) is 0. The normalized spacial score (nSPS) is 5.33. The van der Waals surface area contributed by atoms with Gasteiger partial charge in [-0.2, -0.15) is 0 Å². The first-order chi connectivity index (χ1) is 3.46. The van der Waals surface area contributed by atoms with E-state index < -0.39 is 12.3 Å². The molecule has 48 valence electrons. The van der Waals surface area contributed by atoms with Crippen LogP contribution in [0.25, 0.3) is 0 Å². The van der Waals surface area contributed by atoms with E-state index in [1.54, 1.807) is 0 Å². The van der Waals surface area contributed by atoms with E-state index in [1.165, 1.54) is 0 Å². The van der Waals surface area contributed by atoms with E-state index in [0.29, 0.717) is 0 Å². The second-order valence-electron chi connectivity index (χ2n) is 0.500. The van der Waals surface area contributed by atoms with E-state index in [9.17, 15) is 0 Å². The van der Waals surface area contributed by atoms with Crippen LogP contribution in [0.2, 0.25) is 0 Å². The Bertz CT molecular complexity index is 69.1. The smallest absolute Gasteiger partial charge is 0.652 e. The summed E-state index contributed by atoms with van der Waals surface area (Å²) in [5.41, 5.74) is 0. The Labute approximate surface area is 68.5 Å². The van der Waals surface area contributed by atoms with Gasteiger partial charge in [0.2, 0.25) is 0 Å². The molecule has 0 atom stereocenters. The maximum atomic E-state index is 8.33. The Morgan fingerprint density at radius 1 is 0.778 bits per heavy atom. The fourth-order valence-corrected chi connectivity index (χ4v) is 0. The molecule has 0 aromatic heterocycles. The van der Waals surface area contributed by atoms with Crippen molar-refractivity contribution < 1.29 is 55.9 Å². The molecular weight excluding hydrogens is 299 g/mol. The Morgan fingerprint density at radius 3 is 0.778 bits per heavy atom. The third-order valence-corrected chi connectivity index (χ3v) is 0. The van der Waals surface area contributed by atoms with Gasteiger partial charge in [-0.05, 0) is 12.3 Å². The van der Waals surface area contributed by atoms with Crippen LogP contribution in [-0.4, -0.2) is 12.3 Å². The molecule has 0 aliphatic rings. The molecule has 0 rings (SSSR count). The Hall–Kier alpha value is -0.590. The summed E-state index contributed by atoms with van der Waals surface area (Å²) in [5.74, 6) is 0. The van der Waals surface area contributed by atoms with Gasteiger partial charge in [-0.3, -0.25) is 0 Å². The Balaban J connectivity index is -0.0000000720. The molecule has 0 saturated heterocycles. The molecule has 0 amide bonds. The van der Waals surface area contributed by atoms with E-state index in [1.807, 2.05) is 0 Å². The van der Waals surface area contributed by atoms with Crippen LogP contribution in [-0.2, 0) is 25.8 Å². The number of carbonyl (C=O) groups is 2. The van der Waals surface area contributed by atoms with Crippen molar-refractivity contribution in [2.45, 2.75) is 0 Å². The third-order valence-electron chi connectivity index (χ3n) is 0. The quantitative estimate of drug-likeness (QED) is 0.413. The summed E-state index contributed by atoms with van der Waals surface area (Å²) in [5, 5.41) is 33.3. The van der Waals surface area contributed by atoms with Crippen LogP contribution >= 0.6 is 0 Å². The van der Waals surface area contributed by atoms with Gasteiger partial charge >= 0.3 is 25.8 Å². The first kappa shape index (κ1) is 15.8.